The summed E-state index contributed by atoms with van der Waals surface area (Å²) in [6, 6.07) is 0. The monoisotopic (exact) mass is 267 g/mol. The third kappa shape index (κ3) is 4.34. The van der Waals surface area contributed by atoms with Crippen molar-refractivity contribution in [2.45, 2.75) is 60.2 Å². The number of rotatable bonds is 1. The summed E-state index contributed by atoms with van der Waals surface area (Å²) in [6.07, 6.45) is 7.63. The van der Waals surface area contributed by atoms with Crippen LogP contribution < -0.4 is 0 Å². The summed E-state index contributed by atoms with van der Waals surface area (Å²) in [5.41, 5.74) is 0. The van der Waals surface area contributed by atoms with Crippen LogP contribution in [0.2, 0.25) is 0 Å². The van der Waals surface area contributed by atoms with E-state index in [0.717, 1.165) is 3.92 Å². The number of hydrogen-bond acceptors (Lipinski definition) is 0. The van der Waals surface area contributed by atoms with Crippen LogP contribution in [0.5, 0.6) is 0 Å². The minimum absolute atomic E-state index is 0.460. The highest BCUT2D eigenvalue weighted by Gasteiger charge is 2.20. The largest absolute Gasteiger partial charge is 0.142 e. The average Bonchev–Trinajstić information content (AvgIpc) is 1.85. The molecular weight excluding hydrogens is 247 g/mol. The van der Waals surface area contributed by atoms with Gasteiger partial charge in [0.1, 0.15) is 0 Å². The van der Waals surface area contributed by atoms with Gasteiger partial charge in [0.25, 0.3) is 0 Å². The van der Waals surface area contributed by atoms with E-state index in [1.165, 1.54) is 19.3 Å². The zero-order valence-electron chi connectivity index (χ0n) is 7.99. The van der Waals surface area contributed by atoms with Crippen molar-refractivity contribution in [1.29, 1.82) is 0 Å². The molecule has 0 saturated heterocycles. The third-order valence-electron chi connectivity index (χ3n) is 2.02. The Labute approximate surface area is 81.4 Å². The Bertz CT molecular complexity index is 107. The molecule has 11 heavy (non-hydrogen) atoms. The van der Waals surface area contributed by atoms with Gasteiger partial charge in [-0.3, -0.25) is 0 Å². The van der Waals surface area contributed by atoms with Gasteiger partial charge in [-0.15, -0.1) is 21.2 Å². The van der Waals surface area contributed by atoms with Gasteiger partial charge < -0.3 is 0 Å². The summed E-state index contributed by atoms with van der Waals surface area (Å²) in [4.78, 5) is 0. The Hall–Kier alpha value is 0.730. The first-order valence-electron chi connectivity index (χ1n) is 4.72. The van der Waals surface area contributed by atoms with Gasteiger partial charge in [0.2, 0.25) is 0 Å². The van der Waals surface area contributed by atoms with Crippen molar-refractivity contribution in [1.82, 2.24) is 0 Å². The molecule has 0 bridgehead atoms. The molecule has 0 heterocycles. The van der Waals surface area contributed by atoms with E-state index in [-0.39, 0.29) is 0 Å². The smallest absolute Gasteiger partial charge is 0.00557 e. The van der Waals surface area contributed by atoms with Crippen molar-refractivity contribution in [3.05, 3.63) is 0 Å². The topological polar surface area (TPSA) is 0 Å². The fourth-order valence-corrected chi connectivity index (χ4v) is 5.77. The quantitative estimate of drug-likeness (QED) is 0.496. The van der Waals surface area contributed by atoms with Crippen molar-refractivity contribution in [2.24, 2.45) is 0 Å². The highest BCUT2D eigenvalue weighted by atomic mass is 127. The van der Waals surface area contributed by atoms with Gasteiger partial charge in [-0.2, -0.15) is 0 Å². The molecule has 1 heteroatoms. The van der Waals surface area contributed by atoms with Gasteiger partial charge in [0.15, 0.2) is 0 Å². The summed E-state index contributed by atoms with van der Waals surface area (Å²) in [5, 5.41) is 0. The minimum Gasteiger partial charge on any atom is -0.142 e. The molecule has 0 atom stereocenters. The molecule has 0 aromatic heterocycles. The Kier molecular flexibility index (Phi) is 3.66. The summed E-state index contributed by atoms with van der Waals surface area (Å²) in [5.74, 6) is 0. The zero-order valence-corrected chi connectivity index (χ0v) is 10.1. The maximum Gasteiger partial charge on any atom is 0.00557 e. The summed E-state index contributed by atoms with van der Waals surface area (Å²) in [7, 11) is 0. The first-order valence-corrected chi connectivity index (χ1v) is 7.05. The van der Waals surface area contributed by atoms with Crippen molar-refractivity contribution in [3.63, 3.8) is 0 Å². The summed E-state index contributed by atoms with van der Waals surface area (Å²) in [6.45, 7) is 7.23. The number of hydrogen-bond donors (Lipinski definition) is 0. The Balaban J connectivity index is 2.24. The molecule has 0 aliphatic heterocycles. The van der Waals surface area contributed by atoms with Crippen molar-refractivity contribution in [2.75, 3.05) is 0 Å². The molecule has 0 aromatic rings. The zero-order chi connectivity index (χ0) is 8.32. The maximum atomic E-state index is 2.41. The third-order valence-corrected chi connectivity index (χ3v) is 6.01. The SMILES string of the molecule is CC(C)(C)[I]C1CCCCC1. The summed E-state index contributed by atoms with van der Waals surface area (Å²) >= 11 is 0.460. The molecule has 1 radical (unpaired) electrons. The predicted octanol–water partition coefficient (Wildman–Crippen LogP) is 4.09. The second kappa shape index (κ2) is 4.11. The first kappa shape index (κ1) is 9.82. The average molecular weight is 267 g/mol. The molecule has 1 aliphatic rings. The van der Waals surface area contributed by atoms with Crippen molar-refractivity contribution >= 4 is 21.2 Å². The molecule has 0 nitrogen and oxygen atoms in total. The van der Waals surface area contributed by atoms with E-state index in [2.05, 4.69) is 20.8 Å². The molecular formula is C10H20I. The first-order chi connectivity index (χ1) is 5.08. The van der Waals surface area contributed by atoms with E-state index in [0.29, 0.717) is 24.6 Å². The van der Waals surface area contributed by atoms with E-state index in [1.54, 1.807) is 12.8 Å². The van der Waals surface area contributed by atoms with E-state index in [4.69, 9.17) is 0 Å². The van der Waals surface area contributed by atoms with Crippen molar-refractivity contribution in [3.8, 4) is 0 Å². The highest BCUT2D eigenvalue weighted by molar-refractivity contribution is 14.2. The van der Waals surface area contributed by atoms with E-state index >= 15 is 0 Å². The van der Waals surface area contributed by atoms with Crippen LogP contribution in [0.25, 0.3) is 0 Å². The molecule has 0 unspecified atom stereocenters. The van der Waals surface area contributed by atoms with Crippen LogP contribution in [0.1, 0.15) is 52.9 Å². The minimum atomic E-state index is 0.460. The van der Waals surface area contributed by atoms with Gasteiger partial charge in [-0.25, -0.2) is 0 Å². The molecule has 67 valence electrons. The van der Waals surface area contributed by atoms with Gasteiger partial charge in [0.05, 0.1) is 0 Å². The lowest BCUT2D eigenvalue weighted by atomic mass is 10.0. The summed E-state index contributed by atoms with van der Waals surface area (Å²) < 4.78 is 1.82. The molecule has 0 N–H and O–H groups in total. The second-order valence-corrected chi connectivity index (χ2v) is 10.0. The number of alkyl halides is 2. The van der Waals surface area contributed by atoms with Crippen LogP contribution in [0, 0.1) is 0 Å². The normalized spacial score (nSPS) is 22.1. The van der Waals surface area contributed by atoms with Crippen LogP contribution in [0.15, 0.2) is 0 Å². The van der Waals surface area contributed by atoms with Crippen LogP contribution in [-0.2, 0) is 0 Å². The maximum absolute atomic E-state index is 2.41. The Morgan fingerprint density at radius 2 is 1.55 bits per heavy atom. The predicted molar refractivity (Wildman–Crippen MR) is 60.6 cm³/mol. The molecule has 1 rings (SSSR count). The molecule has 0 spiro atoms. The van der Waals surface area contributed by atoms with Crippen LogP contribution >= 0.6 is 21.2 Å². The molecule has 1 aliphatic carbocycles. The lowest BCUT2D eigenvalue weighted by molar-refractivity contribution is 0.527. The van der Waals surface area contributed by atoms with Crippen LogP contribution in [0.3, 0.4) is 0 Å². The van der Waals surface area contributed by atoms with Crippen molar-refractivity contribution < 1.29 is 0 Å². The van der Waals surface area contributed by atoms with Gasteiger partial charge >= 0.3 is 0 Å². The Morgan fingerprint density at radius 1 is 1.00 bits per heavy atom. The standard InChI is InChI=1S/C10H20I/c1-10(2,3)11-9-7-5-4-6-8-9/h9H,4-8H2,1-3H3. The van der Waals surface area contributed by atoms with Gasteiger partial charge in [-0.05, 0) is 12.8 Å². The van der Waals surface area contributed by atoms with Crippen LogP contribution in [0.4, 0.5) is 0 Å². The van der Waals surface area contributed by atoms with E-state index < -0.39 is 0 Å². The fourth-order valence-electron chi connectivity index (χ4n) is 1.62. The van der Waals surface area contributed by atoms with Crippen LogP contribution in [-0.4, -0.2) is 7.35 Å². The number of halogens is 1. The van der Waals surface area contributed by atoms with Gasteiger partial charge in [-0.1, -0.05) is 40.0 Å². The molecule has 0 aromatic carbocycles. The second-order valence-electron chi connectivity index (χ2n) is 4.41. The molecule has 1 fully saturated rings. The van der Waals surface area contributed by atoms with Gasteiger partial charge in [0, 0.05) is 7.35 Å². The van der Waals surface area contributed by atoms with E-state index in [9.17, 15) is 0 Å². The Morgan fingerprint density at radius 3 is 2.00 bits per heavy atom. The molecule has 1 saturated carbocycles. The molecule has 0 amide bonds. The fraction of sp³-hybridized carbons (Fsp3) is 1.00. The van der Waals surface area contributed by atoms with E-state index in [1.807, 2.05) is 0 Å². The highest BCUT2D eigenvalue weighted by Crippen LogP contribution is 2.42. The lowest BCUT2D eigenvalue weighted by Crippen LogP contribution is -2.15. The lowest BCUT2D eigenvalue weighted by Gasteiger charge is -2.28.